The Morgan fingerprint density at radius 1 is 1.17 bits per heavy atom. The topological polar surface area (TPSA) is 69.6 Å². The van der Waals surface area contributed by atoms with Crippen LogP contribution in [0, 0.1) is 11.8 Å². The van der Waals surface area contributed by atoms with E-state index in [0.717, 1.165) is 12.8 Å². The number of carbonyl (C=O) groups is 2. The van der Waals surface area contributed by atoms with Gasteiger partial charge >= 0.3 is 6.18 Å². The van der Waals surface area contributed by atoms with E-state index in [4.69, 9.17) is 0 Å². The SMILES string of the molecule is O=C(NCCCC(=O)N1CCC(C(O)C(F)(F)F)CC1)C1CC1. The third-order valence-electron chi connectivity index (χ3n) is 4.49. The Labute approximate surface area is 133 Å². The maximum Gasteiger partial charge on any atom is 0.414 e. The molecule has 1 heterocycles. The minimum Gasteiger partial charge on any atom is -0.383 e. The summed E-state index contributed by atoms with van der Waals surface area (Å²) in [7, 11) is 0. The van der Waals surface area contributed by atoms with Crippen LogP contribution in [-0.2, 0) is 9.59 Å². The Morgan fingerprint density at radius 2 is 1.78 bits per heavy atom. The van der Waals surface area contributed by atoms with Crippen molar-refractivity contribution < 1.29 is 27.9 Å². The zero-order chi connectivity index (χ0) is 17.0. The molecule has 5 nitrogen and oxygen atoms in total. The summed E-state index contributed by atoms with van der Waals surface area (Å²) in [5, 5.41) is 12.0. The number of nitrogens with zero attached hydrogens (tertiary/aromatic N) is 1. The van der Waals surface area contributed by atoms with Crippen molar-refractivity contribution >= 4 is 11.8 Å². The molecule has 2 aliphatic rings. The molecule has 23 heavy (non-hydrogen) atoms. The van der Waals surface area contributed by atoms with Crippen LogP contribution in [0.4, 0.5) is 13.2 Å². The van der Waals surface area contributed by atoms with Gasteiger partial charge in [0, 0.05) is 32.0 Å². The Balaban J connectivity index is 1.62. The lowest BCUT2D eigenvalue weighted by atomic mass is 9.90. The Kier molecular flexibility index (Phi) is 5.89. The van der Waals surface area contributed by atoms with Crippen LogP contribution in [0.1, 0.15) is 38.5 Å². The summed E-state index contributed by atoms with van der Waals surface area (Å²) in [5.74, 6) is -0.758. The second-order valence-electron chi connectivity index (χ2n) is 6.37. The first-order valence-corrected chi connectivity index (χ1v) is 8.09. The van der Waals surface area contributed by atoms with Crippen molar-refractivity contribution in [2.45, 2.75) is 50.8 Å². The highest BCUT2D eigenvalue weighted by Crippen LogP contribution is 2.31. The van der Waals surface area contributed by atoms with Crippen molar-refractivity contribution in [2.75, 3.05) is 19.6 Å². The van der Waals surface area contributed by atoms with Crippen molar-refractivity contribution in [2.24, 2.45) is 11.8 Å². The van der Waals surface area contributed by atoms with Gasteiger partial charge < -0.3 is 15.3 Å². The summed E-state index contributed by atoms with van der Waals surface area (Å²) in [6.45, 7) is 0.931. The number of nitrogens with one attached hydrogen (secondary N) is 1. The van der Waals surface area contributed by atoms with Crippen LogP contribution in [0.2, 0.25) is 0 Å². The first-order chi connectivity index (χ1) is 10.8. The fourth-order valence-corrected chi connectivity index (χ4v) is 2.83. The fraction of sp³-hybridized carbons (Fsp3) is 0.867. The molecule has 2 fully saturated rings. The maximum atomic E-state index is 12.5. The number of hydrogen-bond acceptors (Lipinski definition) is 3. The van der Waals surface area contributed by atoms with Gasteiger partial charge in [0.1, 0.15) is 0 Å². The summed E-state index contributed by atoms with van der Waals surface area (Å²) < 4.78 is 37.4. The Morgan fingerprint density at radius 3 is 2.30 bits per heavy atom. The molecule has 2 rings (SSSR count). The molecule has 0 radical (unpaired) electrons. The van der Waals surface area contributed by atoms with E-state index in [2.05, 4.69) is 5.32 Å². The molecule has 1 aliphatic carbocycles. The molecule has 1 saturated heterocycles. The van der Waals surface area contributed by atoms with E-state index in [0.29, 0.717) is 13.0 Å². The quantitative estimate of drug-likeness (QED) is 0.722. The van der Waals surface area contributed by atoms with E-state index in [1.807, 2.05) is 0 Å². The van der Waals surface area contributed by atoms with E-state index in [9.17, 15) is 27.9 Å². The minimum absolute atomic E-state index is 0.0411. The third kappa shape index (κ3) is 5.37. The van der Waals surface area contributed by atoms with Crippen molar-refractivity contribution in [1.82, 2.24) is 10.2 Å². The second kappa shape index (κ2) is 7.51. The molecule has 2 N–H and O–H groups in total. The van der Waals surface area contributed by atoms with Crippen LogP contribution < -0.4 is 5.32 Å². The Hall–Kier alpha value is -1.31. The van der Waals surface area contributed by atoms with Gasteiger partial charge in [0.25, 0.3) is 0 Å². The fourth-order valence-electron chi connectivity index (χ4n) is 2.83. The maximum absolute atomic E-state index is 12.5. The highest BCUT2D eigenvalue weighted by atomic mass is 19.4. The molecule has 2 amide bonds. The zero-order valence-corrected chi connectivity index (χ0v) is 12.9. The summed E-state index contributed by atoms with van der Waals surface area (Å²) >= 11 is 0. The van der Waals surface area contributed by atoms with E-state index in [1.54, 1.807) is 4.90 Å². The zero-order valence-electron chi connectivity index (χ0n) is 12.9. The monoisotopic (exact) mass is 336 g/mol. The van der Waals surface area contributed by atoms with Crippen molar-refractivity contribution in [3.05, 3.63) is 0 Å². The van der Waals surface area contributed by atoms with Crippen LogP contribution in [0.3, 0.4) is 0 Å². The van der Waals surface area contributed by atoms with E-state index in [-0.39, 0.29) is 50.1 Å². The summed E-state index contributed by atoms with van der Waals surface area (Å²) in [6, 6.07) is 0. The molecule has 0 aromatic heterocycles. The second-order valence-corrected chi connectivity index (χ2v) is 6.37. The number of piperidine rings is 1. The predicted molar refractivity (Wildman–Crippen MR) is 76.3 cm³/mol. The van der Waals surface area contributed by atoms with Gasteiger partial charge in [-0.3, -0.25) is 9.59 Å². The predicted octanol–water partition coefficient (Wildman–Crippen LogP) is 1.45. The lowest BCUT2D eigenvalue weighted by molar-refractivity contribution is -0.222. The van der Waals surface area contributed by atoms with Gasteiger partial charge in [-0.25, -0.2) is 0 Å². The van der Waals surface area contributed by atoms with Crippen molar-refractivity contribution in [3.8, 4) is 0 Å². The molecule has 0 bridgehead atoms. The van der Waals surface area contributed by atoms with E-state index < -0.39 is 18.2 Å². The van der Waals surface area contributed by atoms with Crippen LogP contribution in [-0.4, -0.2) is 53.7 Å². The Bertz CT molecular complexity index is 430. The van der Waals surface area contributed by atoms with Gasteiger partial charge in [-0.05, 0) is 38.0 Å². The molecule has 0 aromatic rings. The van der Waals surface area contributed by atoms with Gasteiger partial charge in [-0.2, -0.15) is 13.2 Å². The van der Waals surface area contributed by atoms with Crippen LogP contribution in [0.25, 0.3) is 0 Å². The summed E-state index contributed by atoms with van der Waals surface area (Å²) in [5.41, 5.74) is 0. The van der Waals surface area contributed by atoms with E-state index >= 15 is 0 Å². The average Bonchev–Trinajstić information content (AvgIpc) is 3.34. The van der Waals surface area contributed by atoms with Gasteiger partial charge in [-0.15, -0.1) is 0 Å². The largest absolute Gasteiger partial charge is 0.414 e. The summed E-state index contributed by atoms with van der Waals surface area (Å²) in [6.07, 6.45) is -3.92. The molecular formula is C15H23F3N2O3. The number of aliphatic hydroxyl groups is 1. The first-order valence-electron chi connectivity index (χ1n) is 8.09. The van der Waals surface area contributed by atoms with Crippen molar-refractivity contribution in [3.63, 3.8) is 0 Å². The lowest BCUT2D eigenvalue weighted by Gasteiger charge is -2.34. The lowest BCUT2D eigenvalue weighted by Crippen LogP contribution is -2.45. The van der Waals surface area contributed by atoms with Gasteiger partial charge in [0.15, 0.2) is 6.10 Å². The average molecular weight is 336 g/mol. The molecule has 0 spiro atoms. The van der Waals surface area contributed by atoms with Crippen molar-refractivity contribution in [1.29, 1.82) is 0 Å². The first kappa shape index (κ1) is 18.0. The van der Waals surface area contributed by atoms with Crippen LogP contribution in [0.5, 0.6) is 0 Å². The third-order valence-corrected chi connectivity index (χ3v) is 4.49. The smallest absolute Gasteiger partial charge is 0.383 e. The number of alkyl halides is 3. The van der Waals surface area contributed by atoms with Gasteiger partial charge in [0.2, 0.25) is 11.8 Å². The molecule has 132 valence electrons. The number of hydrogen-bond donors (Lipinski definition) is 2. The van der Waals surface area contributed by atoms with Gasteiger partial charge in [0.05, 0.1) is 0 Å². The number of carbonyl (C=O) groups excluding carboxylic acids is 2. The normalized spacial score (nSPS) is 21.1. The van der Waals surface area contributed by atoms with E-state index in [1.165, 1.54) is 0 Å². The molecule has 1 atom stereocenters. The molecule has 1 aliphatic heterocycles. The van der Waals surface area contributed by atoms with Crippen LogP contribution in [0.15, 0.2) is 0 Å². The van der Waals surface area contributed by atoms with Crippen LogP contribution >= 0.6 is 0 Å². The highest BCUT2D eigenvalue weighted by molar-refractivity contribution is 5.81. The molecule has 0 aromatic carbocycles. The number of halogens is 3. The number of amides is 2. The molecule has 1 saturated carbocycles. The highest BCUT2D eigenvalue weighted by Gasteiger charge is 2.44. The summed E-state index contributed by atoms with van der Waals surface area (Å²) in [4.78, 5) is 24.9. The minimum atomic E-state index is -4.60. The standard InChI is InChI=1S/C15H23F3N2O3/c16-15(17,18)13(22)10-5-8-20(9-6-10)12(21)2-1-7-19-14(23)11-3-4-11/h10-11,13,22H,1-9H2,(H,19,23). The number of aliphatic hydroxyl groups excluding tert-OH is 1. The molecular weight excluding hydrogens is 313 g/mol. The van der Waals surface area contributed by atoms with Gasteiger partial charge in [-0.1, -0.05) is 0 Å². The molecule has 8 heteroatoms. The molecule has 1 unspecified atom stereocenters. The number of rotatable bonds is 6. The number of likely N-dealkylation sites (tertiary alicyclic amines) is 1.